The summed E-state index contributed by atoms with van der Waals surface area (Å²) in [6, 6.07) is 10.5. The van der Waals surface area contributed by atoms with Crippen molar-refractivity contribution >= 4 is 0 Å². The van der Waals surface area contributed by atoms with Crippen molar-refractivity contribution in [2.75, 3.05) is 0 Å². The maximum absolute atomic E-state index is 4.80. The standard InChI is InChI=1S/C19H25N5/c1-13(2)15(4)19-20-18(17-10-11-23(5)21-17)22-24(19)12-16-8-6-14(3)7-9-16/h6-11,13,15H,12H2,1-5H3. The summed E-state index contributed by atoms with van der Waals surface area (Å²) >= 11 is 0. The van der Waals surface area contributed by atoms with Gasteiger partial charge in [0.1, 0.15) is 11.5 Å². The van der Waals surface area contributed by atoms with Gasteiger partial charge in [-0.05, 0) is 24.5 Å². The summed E-state index contributed by atoms with van der Waals surface area (Å²) < 4.78 is 3.81. The van der Waals surface area contributed by atoms with E-state index < -0.39 is 0 Å². The first kappa shape index (κ1) is 16.4. The van der Waals surface area contributed by atoms with Crippen molar-refractivity contribution in [3.8, 4) is 11.5 Å². The van der Waals surface area contributed by atoms with Gasteiger partial charge >= 0.3 is 0 Å². The normalized spacial score (nSPS) is 12.8. The molecule has 24 heavy (non-hydrogen) atoms. The Morgan fingerprint density at radius 2 is 1.71 bits per heavy atom. The van der Waals surface area contributed by atoms with Crippen LogP contribution in [0.1, 0.15) is 43.6 Å². The van der Waals surface area contributed by atoms with E-state index in [9.17, 15) is 0 Å². The van der Waals surface area contributed by atoms with Gasteiger partial charge in [0.05, 0.1) is 6.54 Å². The molecule has 2 aromatic heterocycles. The van der Waals surface area contributed by atoms with Gasteiger partial charge in [0, 0.05) is 19.2 Å². The smallest absolute Gasteiger partial charge is 0.201 e. The summed E-state index contributed by atoms with van der Waals surface area (Å²) in [6.07, 6.45) is 1.92. The van der Waals surface area contributed by atoms with Gasteiger partial charge in [-0.15, -0.1) is 5.10 Å². The first-order valence-electron chi connectivity index (χ1n) is 8.44. The van der Waals surface area contributed by atoms with Gasteiger partial charge in [-0.3, -0.25) is 4.68 Å². The average molecular weight is 323 g/mol. The van der Waals surface area contributed by atoms with Crippen LogP contribution >= 0.6 is 0 Å². The minimum atomic E-state index is 0.334. The fourth-order valence-corrected chi connectivity index (χ4v) is 2.61. The summed E-state index contributed by atoms with van der Waals surface area (Å²) in [4.78, 5) is 4.80. The molecule has 5 nitrogen and oxygen atoms in total. The Hall–Kier alpha value is -2.43. The van der Waals surface area contributed by atoms with Crippen LogP contribution in [-0.2, 0) is 13.6 Å². The molecule has 2 heterocycles. The second kappa shape index (κ2) is 6.59. The van der Waals surface area contributed by atoms with Crippen LogP contribution in [0.2, 0.25) is 0 Å². The molecule has 0 aliphatic heterocycles. The summed E-state index contributed by atoms with van der Waals surface area (Å²) in [5.41, 5.74) is 3.31. The number of hydrogen-bond donors (Lipinski definition) is 0. The van der Waals surface area contributed by atoms with E-state index in [1.807, 2.05) is 24.0 Å². The molecule has 1 aromatic carbocycles. The van der Waals surface area contributed by atoms with Gasteiger partial charge in [0.2, 0.25) is 5.82 Å². The number of nitrogens with zero attached hydrogens (tertiary/aromatic N) is 5. The molecule has 1 atom stereocenters. The third-order valence-corrected chi connectivity index (χ3v) is 4.50. The van der Waals surface area contributed by atoms with Crippen molar-refractivity contribution in [2.45, 2.75) is 40.2 Å². The van der Waals surface area contributed by atoms with E-state index in [0.717, 1.165) is 18.1 Å². The van der Waals surface area contributed by atoms with Crippen molar-refractivity contribution < 1.29 is 0 Å². The van der Waals surface area contributed by atoms with E-state index in [2.05, 4.69) is 57.1 Å². The summed E-state index contributed by atoms with van der Waals surface area (Å²) in [7, 11) is 1.91. The number of hydrogen-bond acceptors (Lipinski definition) is 3. The molecule has 0 bridgehead atoms. The molecule has 0 fully saturated rings. The molecule has 3 rings (SSSR count). The Morgan fingerprint density at radius 3 is 2.29 bits per heavy atom. The highest BCUT2D eigenvalue weighted by molar-refractivity contribution is 5.47. The van der Waals surface area contributed by atoms with E-state index in [1.165, 1.54) is 11.1 Å². The first-order chi connectivity index (χ1) is 11.4. The zero-order chi connectivity index (χ0) is 17.3. The van der Waals surface area contributed by atoms with Crippen LogP contribution in [0.3, 0.4) is 0 Å². The van der Waals surface area contributed by atoms with Crippen LogP contribution < -0.4 is 0 Å². The van der Waals surface area contributed by atoms with Crippen LogP contribution in [0.5, 0.6) is 0 Å². The SMILES string of the molecule is Cc1ccc(Cn2nc(-c3ccn(C)n3)nc2C(C)C(C)C)cc1. The lowest BCUT2D eigenvalue weighted by atomic mass is 9.97. The summed E-state index contributed by atoms with van der Waals surface area (Å²) in [6.45, 7) is 9.48. The van der Waals surface area contributed by atoms with E-state index in [0.29, 0.717) is 17.7 Å². The van der Waals surface area contributed by atoms with Crippen LogP contribution in [0.15, 0.2) is 36.5 Å². The summed E-state index contributed by atoms with van der Waals surface area (Å²) in [5.74, 6) is 2.56. The number of rotatable bonds is 5. The quantitative estimate of drug-likeness (QED) is 0.717. The monoisotopic (exact) mass is 323 g/mol. The molecule has 0 saturated heterocycles. The molecule has 0 radical (unpaired) electrons. The predicted molar refractivity (Wildman–Crippen MR) is 95.8 cm³/mol. The highest BCUT2D eigenvalue weighted by Gasteiger charge is 2.21. The van der Waals surface area contributed by atoms with Gasteiger partial charge < -0.3 is 0 Å². The highest BCUT2D eigenvalue weighted by Crippen LogP contribution is 2.25. The van der Waals surface area contributed by atoms with Crippen LogP contribution in [0.4, 0.5) is 0 Å². The fraction of sp³-hybridized carbons (Fsp3) is 0.421. The Morgan fingerprint density at radius 1 is 1.00 bits per heavy atom. The van der Waals surface area contributed by atoms with Crippen LogP contribution in [-0.4, -0.2) is 24.5 Å². The lowest BCUT2D eigenvalue weighted by Gasteiger charge is -2.15. The first-order valence-corrected chi connectivity index (χ1v) is 8.44. The molecule has 5 heteroatoms. The highest BCUT2D eigenvalue weighted by atomic mass is 15.4. The molecular formula is C19H25N5. The number of benzene rings is 1. The van der Waals surface area contributed by atoms with E-state index in [-0.39, 0.29) is 0 Å². The molecule has 0 aliphatic carbocycles. The zero-order valence-electron chi connectivity index (χ0n) is 15.1. The largest absolute Gasteiger partial charge is 0.275 e. The molecule has 0 N–H and O–H groups in total. The van der Waals surface area contributed by atoms with Crippen LogP contribution in [0, 0.1) is 12.8 Å². The second-order valence-electron chi connectivity index (χ2n) is 6.84. The zero-order valence-corrected chi connectivity index (χ0v) is 15.1. The lowest BCUT2D eigenvalue weighted by molar-refractivity contribution is 0.477. The second-order valence-corrected chi connectivity index (χ2v) is 6.84. The molecule has 0 aliphatic rings. The Labute approximate surface area is 143 Å². The summed E-state index contributed by atoms with van der Waals surface area (Å²) in [5, 5.41) is 9.18. The van der Waals surface area contributed by atoms with Gasteiger partial charge in [0.25, 0.3) is 0 Å². The van der Waals surface area contributed by atoms with Crippen molar-refractivity contribution in [3.63, 3.8) is 0 Å². The van der Waals surface area contributed by atoms with E-state index in [1.54, 1.807) is 4.68 Å². The van der Waals surface area contributed by atoms with Crippen molar-refractivity contribution in [2.24, 2.45) is 13.0 Å². The average Bonchev–Trinajstić information content (AvgIpc) is 3.15. The van der Waals surface area contributed by atoms with Gasteiger partial charge in [-0.1, -0.05) is 50.6 Å². The van der Waals surface area contributed by atoms with Crippen molar-refractivity contribution in [3.05, 3.63) is 53.5 Å². The third kappa shape index (κ3) is 3.40. The van der Waals surface area contributed by atoms with E-state index in [4.69, 9.17) is 10.1 Å². The molecule has 1 unspecified atom stereocenters. The third-order valence-electron chi connectivity index (χ3n) is 4.50. The molecule has 3 aromatic rings. The Bertz CT molecular complexity index is 811. The van der Waals surface area contributed by atoms with Crippen molar-refractivity contribution in [1.29, 1.82) is 0 Å². The number of aromatic nitrogens is 5. The molecule has 0 amide bonds. The topological polar surface area (TPSA) is 48.5 Å². The minimum absolute atomic E-state index is 0.334. The Balaban J connectivity index is 1.98. The molecule has 126 valence electrons. The maximum atomic E-state index is 4.80. The maximum Gasteiger partial charge on any atom is 0.201 e. The number of aryl methyl sites for hydroxylation is 2. The van der Waals surface area contributed by atoms with Crippen molar-refractivity contribution in [1.82, 2.24) is 24.5 Å². The Kier molecular flexibility index (Phi) is 4.51. The minimum Gasteiger partial charge on any atom is -0.275 e. The van der Waals surface area contributed by atoms with E-state index >= 15 is 0 Å². The molecule has 0 saturated carbocycles. The lowest BCUT2D eigenvalue weighted by Crippen LogP contribution is -2.13. The molecular weight excluding hydrogens is 298 g/mol. The molecule has 0 spiro atoms. The van der Waals surface area contributed by atoms with Crippen LogP contribution in [0.25, 0.3) is 11.5 Å². The van der Waals surface area contributed by atoms with Gasteiger partial charge in [-0.25, -0.2) is 9.67 Å². The van der Waals surface area contributed by atoms with Gasteiger partial charge in [0.15, 0.2) is 0 Å². The fourth-order valence-electron chi connectivity index (χ4n) is 2.61. The predicted octanol–water partition coefficient (Wildman–Crippen LogP) is 3.79. The van der Waals surface area contributed by atoms with Gasteiger partial charge in [-0.2, -0.15) is 5.10 Å².